The largest absolute Gasteiger partial charge is 0.338 e. The third kappa shape index (κ3) is 5.85. The molecule has 0 bridgehead atoms. The molecule has 1 aliphatic rings. The van der Waals surface area contributed by atoms with Crippen molar-refractivity contribution in [3.63, 3.8) is 0 Å². The molecule has 1 atom stereocenters. The first-order chi connectivity index (χ1) is 14.0. The van der Waals surface area contributed by atoms with Gasteiger partial charge in [0.15, 0.2) is 0 Å². The van der Waals surface area contributed by atoms with Gasteiger partial charge in [0.05, 0.1) is 11.0 Å². The van der Waals surface area contributed by atoms with Crippen LogP contribution in [0, 0.1) is 10.1 Å². The number of nitro benzene ring substituents is 1. The van der Waals surface area contributed by atoms with Crippen LogP contribution in [0.1, 0.15) is 18.5 Å². The molecule has 1 aromatic carbocycles. The van der Waals surface area contributed by atoms with Gasteiger partial charge in [0.2, 0.25) is 5.95 Å². The monoisotopic (exact) mass is 399 g/mol. The predicted molar refractivity (Wildman–Crippen MR) is 109 cm³/mol. The number of nitro groups is 1. The molecule has 1 unspecified atom stereocenters. The number of nitrogens with zero attached hydrogens (tertiary/aromatic N) is 5. The Morgan fingerprint density at radius 3 is 2.62 bits per heavy atom. The van der Waals surface area contributed by atoms with Gasteiger partial charge in [0, 0.05) is 63.8 Å². The van der Waals surface area contributed by atoms with Gasteiger partial charge in [-0.1, -0.05) is 12.1 Å². The number of carbonyl (C=O) groups is 1. The molecule has 29 heavy (non-hydrogen) atoms. The van der Waals surface area contributed by atoms with Crippen LogP contribution in [0.4, 0.5) is 16.4 Å². The summed E-state index contributed by atoms with van der Waals surface area (Å²) in [6.07, 6.45) is 3.48. The Morgan fingerprint density at radius 1 is 1.21 bits per heavy atom. The summed E-state index contributed by atoms with van der Waals surface area (Å²) < 4.78 is 0. The van der Waals surface area contributed by atoms with E-state index in [1.165, 1.54) is 12.1 Å². The third-order valence-electron chi connectivity index (χ3n) is 4.85. The van der Waals surface area contributed by atoms with Crippen LogP contribution in [0.2, 0.25) is 0 Å². The lowest BCUT2D eigenvalue weighted by Crippen LogP contribution is -2.49. The van der Waals surface area contributed by atoms with Gasteiger partial charge in [-0.3, -0.25) is 15.0 Å². The minimum Gasteiger partial charge on any atom is -0.338 e. The Hall–Kier alpha value is -3.27. The Morgan fingerprint density at radius 2 is 1.93 bits per heavy atom. The second-order valence-corrected chi connectivity index (χ2v) is 6.85. The normalized spacial score (nSPS) is 15.6. The fourth-order valence-electron chi connectivity index (χ4n) is 3.19. The highest BCUT2D eigenvalue weighted by Crippen LogP contribution is 2.18. The average molecular weight is 399 g/mol. The van der Waals surface area contributed by atoms with E-state index in [4.69, 9.17) is 0 Å². The molecule has 2 heterocycles. The highest BCUT2D eigenvalue weighted by Gasteiger charge is 2.18. The lowest BCUT2D eigenvalue weighted by atomic mass is 10.1. The SMILES string of the molecule is CC(NC(=O)NCCN1CCN(c2ncccn2)CC1)c1cccc([N+](=O)[O-])c1. The van der Waals surface area contributed by atoms with Crippen LogP contribution in [-0.4, -0.2) is 65.1 Å². The van der Waals surface area contributed by atoms with E-state index in [9.17, 15) is 14.9 Å². The van der Waals surface area contributed by atoms with E-state index in [2.05, 4.69) is 30.4 Å². The number of hydrogen-bond acceptors (Lipinski definition) is 7. The van der Waals surface area contributed by atoms with Crippen molar-refractivity contribution in [2.24, 2.45) is 0 Å². The molecule has 0 radical (unpaired) electrons. The maximum absolute atomic E-state index is 12.1. The Bertz CT molecular complexity index is 826. The number of nitrogens with one attached hydrogen (secondary N) is 2. The number of carbonyl (C=O) groups excluding carboxylic acids is 1. The summed E-state index contributed by atoms with van der Waals surface area (Å²) in [7, 11) is 0. The van der Waals surface area contributed by atoms with Gasteiger partial charge < -0.3 is 15.5 Å². The van der Waals surface area contributed by atoms with Crippen LogP contribution in [0.3, 0.4) is 0 Å². The lowest BCUT2D eigenvalue weighted by Gasteiger charge is -2.34. The van der Waals surface area contributed by atoms with Crippen LogP contribution >= 0.6 is 0 Å². The van der Waals surface area contributed by atoms with E-state index in [0.717, 1.165) is 38.7 Å². The standard InChI is InChI=1S/C19H25N7O3/c1-15(16-4-2-5-17(14-16)26(28)29)23-19(27)22-8-9-24-10-12-25(13-11-24)18-20-6-3-7-21-18/h2-7,14-15H,8-13H2,1H3,(H2,22,23,27). The Labute approximate surface area is 169 Å². The zero-order valence-corrected chi connectivity index (χ0v) is 16.3. The summed E-state index contributed by atoms with van der Waals surface area (Å²) in [5.74, 6) is 0.750. The number of rotatable bonds is 7. The molecule has 2 amide bonds. The molecule has 0 aliphatic carbocycles. The quantitative estimate of drug-likeness (QED) is 0.536. The fraction of sp³-hybridized carbons (Fsp3) is 0.421. The number of aromatic nitrogens is 2. The summed E-state index contributed by atoms with van der Waals surface area (Å²) in [5, 5.41) is 16.5. The topological polar surface area (TPSA) is 117 Å². The van der Waals surface area contributed by atoms with Crippen LogP contribution < -0.4 is 15.5 Å². The zero-order chi connectivity index (χ0) is 20.6. The maximum Gasteiger partial charge on any atom is 0.315 e. The molecule has 10 nitrogen and oxygen atoms in total. The molecule has 10 heteroatoms. The zero-order valence-electron chi connectivity index (χ0n) is 16.3. The van der Waals surface area contributed by atoms with Crippen molar-refractivity contribution in [2.45, 2.75) is 13.0 Å². The lowest BCUT2D eigenvalue weighted by molar-refractivity contribution is -0.384. The number of hydrogen-bond donors (Lipinski definition) is 2. The van der Waals surface area contributed by atoms with Crippen LogP contribution in [0.15, 0.2) is 42.7 Å². The molecule has 1 fully saturated rings. The van der Waals surface area contributed by atoms with Crippen molar-refractivity contribution in [2.75, 3.05) is 44.2 Å². The van der Waals surface area contributed by atoms with E-state index >= 15 is 0 Å². The summed E-state index contributed by atoms with van der Waals surface area (Å²) in [4.78, 5) is 35.5. The molecule has 0 saturated carbocycles. The molecular weight excluding hydrogens is 374 g/mol. The van der Waals surface area contributed by atoms with Crippen LogP contribution in [-0.2, 0) is 0 Å². The summed E-state index contributed by atoms with van der Waals surface area (Å²) in [5.41, 5.74) is 0.699. The summed E-state index contributed by atoms with van der Waals surface area (Å²) in [6, 6.07) is 7.46. The van der Waals surface area contributed by atoms with Gasteiger partial charge in [-0.15, -0.1) is 0 Å². The fourth-order valence-corrected chi connectivity index (χ4v) is 3.19. The minimum absolute atomic E-state index is 0.0107. The number of anilines is 1. The van der Waals surface area contributed by atoms with Gasteiger partial charge in [-0.2, -0.15) is 0 Å². The molecule has 0 spiro atoms. The summed E-state index contributed by atoms with van der Waals surface area (Å²) in [6.45, 7) is 6.53. The van der Waals surface area contributed by atoms with E-state index in [-0.39, 0.29) is 17.8 Å². The number of non-ortho nitro benzene ring substituents is 1. The third-order valence-corrected chi connectivity index (χ3v) is 4.85. The second-order valence-electron chi connectivity index (χ2n) is 6.85. The molecule has 1 saturated heterocycles. The van der Waals surface area contributed by atoms with Gasteiger partial charge in [-0.25, -0.2) is 14.8 Å². The second kappa shape index (κ2) is 9.78. The molecule has 2 N–H and O–H groups in total. The number of amides is 2. The highest BCUT2D eigenvalue weighted by molar-refractivity contribution is 5.74. The molecule has 2 aromatic rings. The van der Waals surface area contributed by atoms with Crippen molar-refractivity contribution < 1.29 is 9.72 Å². The number of piperazine rings is 1. The maximum atomic E-state index is 12.1. The van der Waals surface area contributed by atoms with Crippen molar-refractivity contribution in [3.05, 3.63) is 58.4 Å². The van der Waals surface area contributed by atoms with Gasteiger partial charge in [-0.05, 0) is 18.6 Å². The van der Waals surface area contributed by atoms with Crippen molar-refractivity contribution in [1.29, 1.82) is 0 Å². The molecule has 154 valence electrons. The number of urea groups is 1. The van der Waals surface area contributed by atoms with Gasteiger partial charge in [0.25, 0.3) is 5.69 Å². The van der Waals surface area contributed by atoms with Gasteiger partial charge >= 0.3 is 6.03 Å². The van der Waals surface area contributed by atoms with E-state index in [0.29, 0.717) is 12.1 Å². The first-order valence-corrected chi connectivity index (χ1v) is 9.56. The van der Waals surface area contributed by atoms with E-state index in [1.54, 1.807) is 37.5 Å². The van der Waals surface area contributed by atoms with Crippen molar-refractivity contribution >= 4 is 17.7 Å². The van der Waals surface area contributed by atoms with Crippen molar-refractivity contribution in [3.8, 4) is 0 Å². The van der Waals surface area contributed by atoms with E-state index < -0.39 is 4.92 Å². The smallest absolute Gasteiger partial charge is 0.315 e. The van der Waals surface area contributed by atoms with Crippen LogP contribution in [0.25, 0.3) is 0 Å². The Balaban J connectivity index is 1.37. The minimum atomic E-state index is -0.444. The highest BCUT2D eigenvalue weighted by atomic mass is 16.6. The molecule has 1 aliphatic heterocycles. The molecule has 1 aromatic heterocycles. The first kappa shape index (κ1) is 20.5. The summed E-state index contributed by atoms with van der Waals surface area (Å²) >= 11 is 0. The Kier molecular flexibility index (Phi) is 6.90. The number of benzene rings is 1. The van der Waals surface area contributed by atoms with Gasteiger partial charge in [0.1, 0.15) is 0 Å². The first-order valence-electron chi connectivity index (χ1n) is 9.56. The van der Waals surface area contributed by atoms with Crippen molar-refractivity contribution in [1.82, 2.24) is 25.5 Å². The van der Waals surface area contributed by atoms with E-state index in [1.807, 2.05) is 0 Å². The molecule has 3 rings (SSSR count). The molecular formula is C19H25N7O3. The van der Waals surface area contributed by atoms with Crippen LogP contribution in [0.5, 0.6) is 0 Å². The predicted octanol–water partition coefficient (Wildman–Crippen LogP) is 1.57. The average Bonchev–Trinajstić information content (AvgIpc) is 2.75.